The molecule has 0 spiro atoms. The molecule has 1 aliphatic rings. The maximum absolute atomic E-state index is 12.7. The van der Waals surface area contributed by atoms with Crippen molar-refractivity contribution in [3.05, 3.63) is 23.0 Å². The zero-order valence-electron chi connectivity index (χ0n) is 13.2. The molecule has 0 aliphatic carbocycles. The minimum atomic E-state index is -1.07. The van der Waals surface area contributed by atoms with Crippen LogP contribution >= 0.6 is 0 Å². The van der Waals surface area contributed by atoms with Crippen molar-refractivity contribution in [2.45, 2.75) is 32.4 Å². The third kappa shape index (κ3) is 2.65. The number of aromatic nitrogens is 3. The minimum absolute atomic E-state index is 0.318. The summed E-state index contributed by atoms with van der Waals surface area (Å²) in [6.07, 6.45) is -0.533. The van der Waals surface area contributed by atoms with E-state index >= 15 is 0 Å². The third-order valence-electron chi connectivity index (χ3n) is 3.99. The van der Waals surface area contributed by atoms with E-state index in [9.17, 15) is 9.59 Å². The highest BCUT2D eigenvalue weighted by molar-refractivity contribution is 6.06. The molecule has 1 aliphatic heterocycles. The Labute approximate surface area is 132 Å². The summed E-state index contributed by atoms with van der Waals surface area (Å²) in [6, 6.07) is 1.15. The van der Waals surface area contributed by atoms with Gasteiger partial charge in [0.25, 0.3) is 5.91 Å². The largest absolute Gasteiger partial charge is 0.479 e. The molecule has 1 fully saturated rings. The van der Waals surface area contributed by atoms with E-state index in [2.05, 4.69) is 15.4 Å². The molecule has 8 heteroatoms. The van der Waals surface area contributed by atoms with E-state index in [1.807, 2.05) is 6.92 Å². The zero-order chi connectivity index (χ0) is 16.7. The Morgan fingerprint density at radius 1 is 1.43 bits per heavy atom. The second-order valence-corrected chi connectivity index (χ2v) is 5.72. The van der Waals surface area contributed by atoms with Gasteiger partial charge in [0.2, 0.25) is 0 Å². The molecule has 1 saturated heterocycles. The fraction of sp³-hybridized carbons (Fsp3) is 0.467. The van der Waals surface area contributed by atoms with Gasteiger partial charge in [-0.1, -0.05) is 0 Å². The lowest BCUT2D eigenvalue weighted by atomic mass is 10.1. The van der Waals surface area contributed by atoms with Crippen LogP contribution in [0.15, 0.2) is 6.07 Å². The summed E-state index contributed by atoms with van der Waals surface area (Å²) >= 11 is 0. The number of carbonyl (C=O) groups is 2. The van der Waals surface area contributed by atoms with E-state index in [-0.39, 0.29) is 5.91 Å². The Morgan fingerprint density at radius 3 is 2.87 bits per heavy atom. The maximum atomic E-state index is 12.7. The van der Waals surface area contributed by atoms with Crippen molar-refractivity contribution >= 4 is 22.9 Å². The van der Waals surface area contributed by atoms with Gasteiger partial charge >= 0.3 is 5.97 Å². The van der Waals surface area contributed by atoms with Crippen LogP contribution in [-0.4, -0.2) is 50.5 Å². The molecule has 23 heavy (non-hydrogen) atoms. The molecule has 0 bridgehead atoms. The average Bonchev–Trinajstić information content (AvgIpc) is 3.04. The minimum Gasteiger partial charge on any atom is -0.479 e. The van der Waals surface area contributed by atoms with Gasteiger partial charge in [-0.2, -0.15) is 5.10 Å². The number of hydrogen-bond acceptors (Lipinski definition) is 5. The Kier molecular flexibility index (Phi) is 3.77. The smallest absolute Gasteiger partial charge is 0.334 e. The lowest BCUT2D eigenvalue weighted by molar-refractivity contribution is -0.148. The molecular weight excluding hydrogens is 300 g/mol. The van der Waals surface area contributed by atoms with Crippen molar-refractivity contribution in [2.24, 2.45) is 7.05 Å². The Hall–Kier alpha value is -2.48. The molecule has 2 aromatic rings. The highest BCUT2D eigenvalue weighted by Gasteiger charge is 2.35. The molecule has 0 unspecified atom stereocenters. The van der Waals surface area contributed by atoms with Crippen LogP contribution in [0.4, 0.5) is 0 Å². The summed E-state index contributed by atoms with van der Waals surface area (Å²) in [5, 5.41) is 16.9. The van der Waals surface area contributed by atoms with Crippen molar-refractivity contribution in [1.29, 1.82) is 0 Å². The van der Waals surface area contributed by atoms with Crippen molar-refractivity contribution in [3.63, 3.8) is 0 Å². The quantitative estimate of drug-likeness (QED) is 0.856. The van der Waals surface area contributed by atoms with Crippen molar-refractivity contribution in [1.82, 2.24) is 20.1 Å². The molecule has 2 aromatic heterocycles. The van der Waals surface area contributed by atoms with Crippen LogP contribution in [0.1, 0.15) is 28.2 Å². The van der Waals surface area contributed by atoms with Crippen LogP contribution < -0.4 is 5.32 Å². The van der Waals surface area contributed by atoms with Crippen LogP contribution in [-0.2, 0) is 16.6 Å². The second kappa shape index (κ2) is 5.62. The number of nitrogens with one attached hydrogen (secondary N) is 1. The molecule has 2 atom stereocenters. The van der Waals surface area contributed by atoms with Crippen molar-refractivity contribution in [2.75, 3.05) is 6.61 Å². The maximum Gasteiger partial charge on any atom is 0.334 e. The van der Waals surface area contributed by atoms with Gasteiger partial charge in [0, 0.05) is 19.3 Å². The van der Waals surface area contributed by atoms with Crippen molar-refractivity contribution in [3.8, 4) is 0 Å². The Bertz CT molecular complexity index is 798. The fourth-order valence-electron chi connectivity index (χ4n) is 2.98. The van der Waals surface area contributed by atoms with E-state index in [0.29, 0.717) is 41.0 Å². The van der Waals surface area contributed by atoms with Crippen LogP contribution in [0.3, 0.4) is 0 Å². The summed E-state index contributed by atoms with van der Waals surface area (Å²) in [5.41, 5.74) is 2.49. The number of carbonyl (C=O) groups excluding carboxylic acids is 1. The molecule has 0 saturated carbocycles. The summed E-state index contributed by atoms with van der Waals surface area (Å²) in [7, 11) is 1.77. The normalized spacial score (nSPS) is 20.8. The summed E-state index contributed by atoms with van der Waals surface area (Å²) in [5.74, 6) is -1.40. The van der Waals surface area contributed by atoms with E-state index in [1.54, 1.807) is 24.7 Å². The molecular formula is C15H18N4O4. The first-order valence-electron chi connectivity index (χ1n) is 7.34. The third-order valence-corrected chi connectivity index (χ3v) is 3.99. The number of amides is 1. The molecule has 0 aromatic carbocycles. The van der Waals surface area contributed by atoms with Gasteiger partial charge in [0.05, 0.1) is 22.7 Å². The SMILES string of the molecule is Cc1cc(C(=O)N[C@@H]2CCO[C@@H]2C(=O)O)c2c(C)nn(C)c2n1. The number of pyridine rings is 1. The van der Waals surface area contributed by atoms with Crippen LogP contribution in [0.5, 0.6) is 0 Å². The van der Waals surface area contributed by atoms with Gasteiger partial charge in [-0.25, -0.2) is 9.78 Å². The number of fused-ring (bicyclic) bond motifs is 1. The first-order valence-corrected chi connectivity index (χ1v) is 7.34. The summed E-state index contributed by atoms with van der Waals surface area (Å²) in [4.78, 5) is 28.2. The first-order chi connectivity index (χ1) is 10.9. The lowest BCUT2D eigenvalue weighted by Crippen LogP contribution is -2.44. The fourth-order valence-corrected chi connectivity index (χ4v) is 2.98. The van der Waals surface area contributed by atoms with E-state index in [0.717, 1.165) is 0 Å². The van der Waals surface area contributed by atoms with Gasteiger partial charge in [0.15, 0.2) is 11.8 Å². The van der Waals surface area contributed by atoms with Crippen LogP contribution in [0.2, 0.25) is 0 Å². The number of ether oxygens (including phenoxy) is 1. The topological polar surface area (TPSA) is 106 Å². The zero-order valence-corrected chi connectivity index (χ0v) is 13.2. The summed E-state index contributed by atoms with van der Waals surface area (Å²) < 4.78 is 6.79. The van der Waals surface area contributed by atoms with Gasteiger partial charge in [-0.3, -0.25) is 9.48 Å². The number of hydrogen-bond donors (Lipinski definition) is 2. The molecule has 0 radical (unpaired) electrons. The Balaban J connectivity index is 1.97. The van der Waals surface area contributed by atoms with Crippen LogP contribution in [0, 0.1) is 13.8 Å². The van der Waals surface area contributed by atoms with Gasteiger partial charge in [-0.05, 0) is 26.3 Å². The molecule has 1 amide bonds. The summed E-state index contributed by atoms with van der Waals surface area (Å²) in [6.45, 7) is 3.94. The number of aryl methyl sites for hydroxylation is 3. The number of rotatable bonds is 3. The van der Waals surface area contributed by atoms with E-state index in [1.165, 1.54) is 0 Å². The molecule has 3 heterocycles. The highest BCUT2D eigenvalue weighted by Crippen LogP contribution is 2.22. The van der Waals surface area contributed by atoms with Gasteiger partial charge in [-0.15, -0.1) is 0 Å². The molecule has 8 nitrogen and oxygen atoms in total. The van der Waals surface area contributed by atoms with Crippen molar-refractivity contribution < 1.29 is 19.4 Å². The number of carboxylic acid groups (broad SMARTS) is 1. The van der Waals surface area contributed by atoms with E-state index in [4.69, 9.17) is 9.84 Å². The molecule has 122 valence electrons. The predicted octanol–water partition coefficient (Wildman–Crippen LogP) is 0.557. The Morgan fingerprint density at radius 2 is 2.17 bits per heavy atom. The standard InChI is InChI=1S/C15H18N4O4/c1-7-6-9(11-8(2)18-19(3)13(11)16-7)14(20)17-10-4-5-23-12(10)15(21)22/h6,10,12H,4-5H2,1-3H3,(H,17,20)(H,21,22)/t10-,12+/m1/s1. The van der Waals surface area contributed by atoms with E-state index < -0.39 is 18.1 Å². The molecule has 2 N–H and O–H groups in total. The number of aliphatic carboxylic acids is 1. The monoisotopic (exact) mass is 318 g/mol. The predicted molar refractivity (Wildman–Crippen MR) is 81.2 cm³/mol. The average molecular weight is 318 g/mol. The highest BCUT2D eigenvalue weighted by atomic mass is 16.5. The van der Waals surface area contributed by atoms with Gasteiger partial charge in [0.1, 0.15) is 0 Å². The lowest BCUT2D eigenvalue weighted by Gasteiger charge is -2.16. The second-order valence-electron chi connectivity index (χ2n) is 5.72. The van der Waals surface area contributed by atoms with Crippen LogP contribution in [0.25, 0.3) is 11.0 Å². The number of nitrogens with zero attached hydrogens (tertiary/aromatic N) is 3. The van der Waals surface area contributed by atoms with Gasteiger partial charge < -0.3 is 15.2 Å². The first kappa shape index (κ1) is 15.4. The molecule has 3 rings (SSSR count). The number of carboxylic acids is 1.